The van der Waals surface area contributed by atoms with E-state index < -0.39 is 17.9 Å². The summed E-state index contributed by atoms with van der Waals surface area (Å²) < 4.78 is 2.07. The molecule has 1 fully saturated rings. The van der Waals surface area contributed by atoms with Gasteiger partial charge in [-0.1, -0.05) is 0 Å². The summed E-state index contributed by atoms with van der Waals surface area (Å²) in [5.41, 5.74) is 0. The van der Waals surface area contributed by atoms with E-state index in [0.717, 1.165) is 0 Å². The molecule has 0 saturated carbocycles. The number of hydrogen-bond donors (Lipinski definition) is 3. The van der Waals surface area contributed by atoms with Crippen LogP contribution < -0.4 is 0 Å². The Labute approximate surface area is 172 Å². The maximum absolute atomic E-state index is 11.0. The van der Waals surface area contributed by atoms with Gasteiger partial charge in [-0.05, 0) is 0 Å². The first-order valence-electron chi connectivity index (χ1n) is 7.98. The van der Waals surface area contributed by atoms with Crippen LogP contribution >= 0.6 is 0 Å². The van der Waals surface area contributed by atoms with Crippen LogP contribution in [0.5, 0.6) is 0 Å². The van der Waals surface area contributed by atoms with Crippen molar-refractivity contribution < 1.29 is 68.0 Å². The first kappa shape index (κ1) is 22.6. The zero-order valence-electron chi connectivity index (χ0n) is 14.0. The number of hydrogen-bond acceptors (Lipinski definition) is 7. The van der Waals surface area contributed by atoms with Gasteiger partial charge in [0.15, 0.2) is 0 Å². The molecule has 145 valence electrons. The van der Waals surface area contributed by atoms with E-state index >= 15 is 0 Å². The van der Waals surface area contributed by atoms with Crippen molar-refractivity contribution in [3.8, 4) is 0 Å². The van der Waals surface area contributed by atoms with E-state index in [-0.39, 0.29) is 19.6 Å². The summed E-state index contributed by atoms with van der Waals surface area (Å²) in [5.74, 6) is -2.77. The molecule has 0 unspecified atom stereocenters. The molecule has 0 aromatic carbocycles. The van der Waals surface area contributed by atoms with Crippen LogP contribution in [-0.4, -0.2) is 121 Å². The van der Waals surface area contributed by atoms with Crippen molar-refractivity contribution in [3.05, 3.63) is 0 Å². The molecule has 1 heterocycles. The molecule has 0 aromatic heterocycles. The Morgan fingerprint density at radius 3 is 1.08 bits per heavy atom. The number of carboxylic acid groups (broad SMARTS) is 3. The van der Waals surface area contributed by atoms with Gasteiger partial charge in [-0.3, -0.25) is 0 Å². The van der Waals surface area contributed by atoms with Crippen molar-refractivity contribution in [1.82, 2.24) is 15.8 Å². The van der Waals surface area contributed by atoms with Crippen LogP contribution in [0.2, 0.25) is 0 Å². The Morgan fingerprint density at radius 1 is 0.600 bits per heavy atom. The molecule has 0 atom stereocenters. The van der Waals surface area contributed by atoms with Gasteiger partial charge < -0.3 is 0 Å². The van der Waals surface area contributed by atoms with Crippen molar-refractivity contribution in [3.63, 3.8) is 0 Å². The molecule has 1 rings (SSSR count). The van der Waals surface area contributed by atoms with Crippen molar-refractivity contribution >= 4 is 17.9 Å². The zero-order chi connectivity index (χ0) is 18.8. The van der Waals surface area contributed by atoms with Gasteiger partial charge >= 0.3 is 174 Å². The molecule has 25 heavy (non-hydrogen) atoms. The molecule has 0 amide bonds. The molecule has 0 aromatic rings. The topological polar surface area (TPSA) is 125 Å². The van der Waals surface area contributed by atoms with Gasteiger partial charge in [-0.25, -0.2) is 0 Å². The van der Waals surface area contributed by atoms with Gasteiger partial charge in [-0.15, -0.1) is 0 Å². The van der Waals surface area contributed by atoms with Gasteiger partial charge in [0.2, 0.25) is 0 Å². The van der Waals surface area contributed by atoms with Crippen LogP contribution in [0.25, 0.3) is 0 Å². The Kier molecular flexibility index (Phi) is 10.9. The van der Waals surface area contributed by atoms with Gasteiger partial charge in [0, 0.05) is 0 Å². The Hall–Kier alpha value is -0.425. The Bertz CT molecular complexity index is 435. The molecule has 0 radical (unpaired) electrons. The number of carboxylic acids is 3. The van der Waals surface area contributed by atoms with Crippen LogP contribution in [0.15, 0.2) is 0 Å². The van der Waals surface area contributed by atoms with E-state index in [0.29, 0.717) is 52.4 Å². The maximum atomic E-state index is 11.0. The Balaban J connectivity index is 2.76. The molecule has 1 aliphatic heterocycles. The minimum absolute atomic E-state index is 0.0804. The van der Waals surface area contributed by atoms with Gasteiger partial charge in [0.1, 0.15) is 0 Å². The third-order valence-electron chi connectivity index (χ3n) is 3.85. The molecular weight excluding hydrogens is 477 g/mol. The molecule has 1 aliphatic rings. The fourth-order valence-electron chi connectivity index (χ4n) is 2.56. The molecule has 0 bridgehead atoms. The summed E-state index contributed by atoms with van der Waals surface area (Å²) >= 11 is 1.70. The second kappa shape index (κ2) is 12.1. The SMILES string of the molecule is O=C(O)CN1CC[N]([Gd])CCN(CC(=O)O)CCN(CC(=O)O)CC1. The molecule has 0 spiro atoms. The first-order chi connectivity index (χ1) is 11.8. The molecular formula is C14H25GdN4O6. The molecule has 1 saturated heterocycles. The average molecular weight is 503 g/mol. The standard InChI is InChI=1S/C14H25N4O6.Gd/c19-12(20)9-16-3-1-15-2-4-17(10-13(21)22)6-8-18(7-5-16)11-14(23)24;/h1-11H2,(H,19,20)(H,21,22)(H,23,24);/q-1;+1. The van der Waals surface area contributed by atoms with Crippen molar-refractivity contribution in [1.29, 1.82) is 0 Å². The van der Waals surface area contributed by atoms with Crippen molar-refractivity contribution in [2.75, 3.05) is 72.0 Å². The predicted octanol–water partition coefficient (Wildman–Crippen LogP) is -2.07. The summed E-state index contributed by atoms with van der Waals surface area (Å²) in [6.45, 7) is 3.92. The Morgan fingerprint density at radius 2 is 0.840 bits per heavy atom. The van der Waals surface area contributed by atoms with Crippen molar-refractivity contribution in [2.45, 2.75) is 0 Å². The monoisotopic (exact) mass is 503 g/mol. The van der Waals surface area contributed by atoms with Gasteiger partial charge in [-0.2, -0.15) is 0 Å². The molecule has 11 heteroatoms. The molecule has 3 N–H and O–H groups in total. The fraction of sp³-hybridized carbons (Fsp3) is 0.786. The van der Waals surface area contributed by atoms with Crippen LogP contribution in [0, 0.1) is 38.3 Å². The molecule has 0 aliphatic carbocycles. The van der Waals surface area contributed by atoms with E-state index in [1.54, 1.807) is 53.0 Å². The van der Waals surface area contributed by atoms with Crippen LogP contribution in [-0.2, 0) is 14.4 Å². The van der Waals surface area contributed by atoms with Gasteiger partial charge in [0.05, 0.1) is 0 Å². The third-order valence-corrected chi connectivity index (χ3v) is 4.86. The van der Waals surface area contributed by atoms with E-state index in [4.69, 9.17) is 15.3 Å². The van der Waals surface area contributed by atoms with E-state index in [9.17, 15) is 14.4 Å². The third kappa shape index (κ3) is 11.0. The minimum atomic E-state index is -0.956. The van der Waals surface area contributed by atoms with E-state index in [1.165, 1.54) is 0 Å². The second-order valence-corrected chi connectivity index (χ2v) is 7.34. The summed E-state index contributed by atoms with van der Waals surface area (Å²) in [6.07, 6.45) is 0. The van der Waals surface area contributed by atoms with E-state index in [1.807, 2.05) is 0 Å². The normalized spacial score (nSPS) is 20.5. The number of nitrogens with zero attached hydrogens (tertiary/aromatic N) is 4. The van der Waals surface area contributed by atoms with Gasteiger partial charge in [0.25, 0.3) is 0 Å². The number of rotatable bonds is 6. The fourth-order valence-corrected chi connectivity index (χ4v) is 3.01. The molecule has 10 nitrogen and oxygen atoms in total. The first-order valence-corrected chi connectivity index (χ1v) is 8.99. The number of carbonyl (C=O) groups is 3. The number of aliphatic carboxylic acids is 3. The average Bonchev–Trinajstić information content (AvgIpc) is 2.49. The summed E-state index contributed by atoms with van der Waals surface area (Å²) in [6, 6.07) is 0. The van der Waals surface area contributed by atoms with Crippen LogP contribution in [0.1, 0.15) is 0 Å². The quantitative estimate of drug-likeness (QED) is 0.373. The van der Waals surface area contributed by atoms with E-state index in [2.05, 4.69) is 1.10 Å². The van der Waals surface area contributed by atoms with Crippen LogP contribution in [0.4, 0.5) is 0 Å². The van der Waals surface area contributed by atoms with Crippen molar-refractivity contribution in [2.24, 2.45) is 0 Å². The zero-order valence-corrected chi connectivity index (χ0v) is 16.3. The summed E-state index contributed by atoms with van der Waals surface area (Å²) in [5, 5.41) is 27.1. The predicted molar refractivity (Wildman–Crippen MR) is 83.8 cm³/mol. The van der Waals surface area contributed by atoms with Crippen LogP contribution in [0.3, 0.4) is 0 Å². The summed E-state index contributed by atoms with van der Waals surface area (Å²) in [4.78, 5) is 38.4. The second-order valence-electron chi connectivity index (χ2n) is 5.90. The summed E-state index contributed by atoms with van der Waals surface area (Å²) in [7, 11) is 0.